The van der Waals surface area contributed by atoms with Crippen LogP contribution in [0.3, 0.4) is 0 Å². The number of amides is 2. The van der Waals surface area contributed by atoms with Crippen molar-refractivity contribution < 1.29 is 9.59 Å². The molecular weight excluding hydrogens is 316 g/mol. The van der Waals surface area contributed by atoms with E-state index in [9.17, 15) is 9.59 Å². The van der Waals surface area contributed by atoms with Crippen LogP contribution in [0.2, 0.25) is 0 Å². The minimum absolute atomic E-state index is 0.00241. The van der Waals surface area contributed by atoms with Gasteiger partial charge in [0.15, 0.2) is 0 Å². The Morgan fingerprint density at radius 3 is 2.72 bits per heavy atom. The normalized spacial score (nSPS) is 24.6. The van der Waals surface area contributed by atoms with E-state index in [1.807, 2.05) is 45.8 Å². The summed E-state index contributed by atoms with van der Waals surface area (Å²) in [7, 11) is 1.87. The van der Waals surface area contributed by atoms with Gasteiger partial charge in [-0.05, 0) is 32.4 Å². The van der Waals surface area contributed by atoms with Crippen LogP contribution < -0.4 is 0 Å². The van der Waals surface area contributed by atoms with E-state index in [-0.39, 0.29) is 17.9 Å². The smallest absolute Gasteiger partial charge is 0.270 e. The maximum atomic E-state index is 13.3. The highest BCUT2D eigenvalue weighted by Gasteiger charge is 2.54. The molecule has 0 aliphatic carbocycles. The number of carbonyl (C=O) groups excluding carboxylic acids is 2. The van der Waals surface area contributed by atoms with Crippen LogP contribution in [-0.2, 0) is 11.8 Å². The van der Waals surface area contributed by atoms with Crippen LogP contribution in [0, 0.1) is 0 Å². The molecule has 0 N–H and O–H groups in total. The lowest BCUT2D eigenvalue weighted by molar-refractivity contribution is -0.152. The Morgan fingerprint density at radius 2 is 2.12 bits per heavy atom. The molecule has 3 heterocycles. The molecule has 0 bridgehead atoms. The molecule has 1 spiro atoms. The van der Waals surface area contributed by atoms with Gasteiger partial charge in [0, 0.05) is 52.0 Å². The molecule has 6 nitrogen and oxygen atoms in total. The minimum Gasteiger partial charge on any atom is -0.347 e. The summed E-state index contributed by atoms with van der Waals surface area (Å²) in [4.78, 5) is 32.2. The first kappa shape index (κ1) is 17.7. The van der Waals surface area contributed by atoms with Crippen LogP contribution in [-0.4, -0.2) is 75.4 Å². The number of likely N-dealkylation sites (tertiary alicyclic amines) is 1. The lowest BCUT2D eigenvalue weighted by atomic mass is 9.90. The molecule has 2 saturated heterocycles. The molecule has 1 unspecified atom stereocenters. The maximum absolute atomic E-state index is 13.3. The fourth-order valence-corrected chi connectivity index (χ4v) is 4.11. The number of piperazine rings is 1. The van der Waals surface area contributed by atoms with Crippen molar-refractivity contribution in [2.24, 2.45) is 7.05 Å². The van der Waals surface area contributed by atoms with Gasteiger partial charge < -0.3 is 14.4 Å². The Bertz CT molecular complexity index is 681. The molecular formula is C19H28N4O2. The molecule has 2 amide bonds. The monoisotopic (exact) mass is 344 g/mol. The lowest BCUT2D eigenvalue weighted by Gasteiger charge is -2.48. The minimum atomic E-state index is -0.614. The predicted octanol–water partition coefficient (Wildman–Crippen LogP) is 1.35. The van der Waals surface area contributed by atoms with Gasteiger partial charge in [0.05, 0.1) is 0 Å². The average molecular weight is 344 g/mol. The van der Waals surface area contributed by atoms with Gasteiger partial charge in [-0.2, -0.15) is 0 Å². The Balaban J connectivity index is 1.87. The van der Waals surface area contributed by atoms with Gasteiger partial charge in [-0.25, -0.2) is 0 Å². The topological polar surface area (TPSA) is 48.8 Å². The first-order valence-corrected chi connectivity index (χ1v) is 8.98. The van der Waals surface area contributed by atoms with E-state index < -0.39 is 5.54 Å². The lowest BCUT2D eigenvalue weighted by Crippen LogP contribution is -2.68. The van der Waals surface area contributed by atoms with Crippen LogP contribution in [0.4, 0.5) is 0 Å². The Kier molecular flexibility index (Phi) is 4.73. The number of nitrogens with zero attached hydrogens (tertiary/aromatic N) is 4. The zero-order valence-electron chi connectivity index (χ0n) is 15.4. The summed E-state index contributed by atoms with van der Waals surface area (Å²) in [5.74, 6) is 0.148. The van der Waals surface area contributed by atoms with Gasteiger partial charge in [-0.1, -0.05) is 6.08 Å². The van der Waals surface area contributed by atoms with Crippen molar-refractivity contribution in [3.63, 3.8) is 0 Å². The number of hydrogen-bond acceptors (Lipinski definition) is 3. The quantitative estimate of drug-likeness (QED) is 0.775. The van der Waals surface area contributed by atoms with E-state index in [1.54, 1.807) is 0 Å². The van der Waals surface area contributed by atoms with Crippen molar-refractivity contribution in [1.29, 1.82) is 0 Å². The zero-order valence-corrected chi connectivity index (χ0v) is 15.4. The van der Waals surface area contributed by atoms with Crippen molar-refractivity contribution in [3.05, 3.63) is 36.7 Å². The van der Waals surface area contributed by atoms with Crippen LogP contribution in [0.5, 0.6) is 0 Å². The van der Waals surface area contributed by atoms with Gasteiger partial charge in [-0.15, -0.1) is 6.58 Å². The van der Waals surface area contributed by atoms with Crippen LogP contribution >= 0.6 is 0 Å². The maximum Gasteiger partial charge on any atom is 0.270 e. The average Bonchev–Trinajstić information content (AvgIpc) is 3.19. The molecule has 6 heteroatoms. The zero-order chi connectivity index (χ0) is 18.2. The van der Waals surface area contributed by atoms with Crippen LogP contribution in [0.1, 0.15) is 30.8 Å². The third-order valence-electron chi connectivity index (χ3n) is 5.55. The molecule has 0 radical (unpaired) electrons. The van der Waals surface area contributed by atoms with E-state index in [0.717, 1.165) is 13.1 Å². The highest BCUT2D eigenvalue weighted by Crippen LogP contribution is 2.34. The van der Waals surface area contributed by atoms with Gasteiger partial charge in [0.2, 0.25) is 5.91 Å². The first-order chi connectivity index (χ1) is 11.9. The molecule has 136 valence electrons. The summed E-state index contributed by atoms with van der Waals surface area (Å²) in [6.45, 7) is 11.2. The molecule has 2 fully saturated rings. The SMILES string of the molecule is C=CCN1CCN(C(C)C)C(=O)C12CCN(C(=O)c1cccn1C)C2. The number of hydrogen-bond donors (Lipinski definition) is 0. The van der Waals surface area contributed by atoms with Crippen molar-refractivity contribution in [2.75, 3.05) is 32.7 Å². The Labute approximate surface area is 149 Å². The number of rotatable bonds is 4. The fraction of sp³-hybridized carbons (Fsp3) is 0.579. The van der Waals surface area contributed by atoms with Gasteiger partial charge >= 0.3 is 0 Å². The number of aromatic nitrogens is 1. The summed E-state index contributed by atoms with van der Waals surface area (Å²) < 4.78 is 1.83. The van der Waals surface area contributed by atoms with Gasteiger partial charge in [0.25, 0.3) is 5.91 Å². The highest BCUT2D eigenvalue weighted by molar-refractivity contribution is 5.95. The van der Waals surface area contributed by atoms with Gasteiger partial charge in [-0.3, -0.25) is 14.5 Å². The molecule has 2 aliphatic heterocycles. The third-order valence-corrected chi connectivity index (χ3v) is 5.55. The van der Waals surface area contributed by atoms with Crippen molar-refractivity contribution in [2.45, 2.75) is 31.8 Å². The fourth-order valence-electron chi connectivity index (χ4n) is 4.11. The Morgan fingerprint density at radius 1 is 1.36 bits per heavy atom. The predicted molar refractivity (Wildman–Crippen MR) is 97.3 cm³/mol. The summed E-state index contributed by atoms with van der Waals surface area (Å²) in [6, 6.07) is 3.88. The van der Waals surface area contributed by atoms with E-state index >= 15 is 0 Å². The van der Waals surface area contributed by atoms with E-state index in [0.29, 0.717) is 31.7 Å². The molecule has 3 rings (SSSR count). The molecule has 1 aromatic heterocycles. The molecule has 25 heavy (non-hydrogen) atoms. The molecule has 1 atom stereocenters. The third kappa shape index (κ3) is 2.88. The van der Waals surface area contributed by atoms with Gasteiger partial charge in [0.1, 0.15) is 11.2 Å². The van der Waals surface area contributed by atoms with Crippen LogP contribution in [0.15, 0.2) is 31.0 Å². The molecule has 0 saturated carbocycles. The molecule has 1 aromatic rings. The molecule has 2 aliphatic rings. The summed E-state index contributed by atoms with van der Waals surface area (Å²) in [5.41, 5.74) is 0.0497. The van der Waals surface area contributed by atoms with Crippen LogP contribution in [0.25, 0.3) is 0 Å². The summed E-state index contributed by atoms with van der Waals surface area (Å²) in [5, 5.41) is 0. The van der Waals surface area contributed by atoms with E-state index in [2.05, 4.69) is 25.3 Å². The largest absolute Gasteiger partial charge is 0.347 e. The second-order valence-electron chi connectivity index (χ2n) is 7.34. The van der Waals surface area contributed by atoms with E-state index in [1.165, 1.54) is 0 Å². The summed E-state index contributed by atoms with van der Waals surface area (Å²) >= 11 is 0. The van der Waals surface area contributed by atoms with E-state index in [4.69, 9.17) is 0 Å². The number of carbonyl (C=O) groups is 2. The number of aryl methyl sites for hydroxylation is 1. The highest BCUT2D eigenvalue weighted by atomic mass is 16.2. The molecule has 0 aromatic carbocycles. The van der Waals surface area contributed by atoms with Crippen molar-refractivity contribution in [1.82, 2.24) is 19.3 Å². The summed E-state index contributed by atoms with van der Waals surface area (Å²) in [6.07, 6.45) is 4.40. The second-order valence-corrected chi connectivity index (χ2v) is 7.34. The second kappa shape index (κ2) is 6.67. The Hall–Kier alpha value is -2.08. The standard InChI is InChI=1S/C19H28N4O2/c1-5-9-22-12-13-23(15(2)3)18(25)19(22)8-11-21(14-19)17(24)16-7-6-10-20(16)4/h5-7,10,15H,1,8-9,11-14H2,2-4H3. The van der Waals surface area contributed by atoms with Crippen molar-refractivity contribution >= 4 is 11.8 Å². The first-order valence-electron chi connectivity index (χ1n) is 8.98. The van der Waals surface area contributed by atoms with Crippen molar-refractivity contribution in [3.8, 4) is 0 Å².